The van der Waals surface area contributed by atoms with Gasteiger partial charge in [0, 0.05) is 29.7 Å². The first-order valence-corrected chi connectivity index (χ1v) is 8.77. The number of ketones is 1. The predicted molar refractivity (Wildman–Crippen MR) is 94.0 cm³/mol. The van der Waals surface area contributed by atoms with Crippen LogP contribution in [0.25, 0.3) is 0 Å². The highest BCUT2D eigenvalue weighted by Crippen LogP contribution is 2.33. The first kappa shape index (κ1) is 15.8. The van der Waals surface area contributed by atoms with E-state index in [1.54, 1.807) is 18.2 Å². The lowest BCUT2D eigenvalue weighted by atomic mass is 10.0. The number of hydrogen-bond donors (Lipinski definition) is 0. The summed E-state index contributed by atoms with van der Waals surface area (Å²) >= 11 is 1.88. The molecule has 0 aromatic heterocycles. The highest BCUT2D eigenvalue weighted by molar-refractivity contribution is 7.99. The number of hydrogen-bond acceptors (Lipinski definition) is 3. The van der Waals surface area contributed by atoms with Crippen LogP contribution in [0, 0.1) is 0 Å². The van der Waals surface area contributed by atoms with Gasteiger partial charge in [-0.2, -0.15) is 11.8 Å². The Hall–Kier alpha value is -2.07. The van der Waals surface area contributed by atoms with Crippen molar-refractivity contribution in [3.05, 3.63) is 71.3 Å². The molecule has 2 aromatic carbocycles. The van der Waals surface area contributed by atoms with Gasteiger partial charge in [0.05, 0.1) is 5.56 Å². The lowest BCUT2D eigenvalue weighted by Crippen LogP contribution is -2.39. The number of carbonyl (C=O) groups is 2. The molecule has 118 valence electrons. The Kier molecular flexibility index (Phi) is 4.82. The molecule has 0 aliphatic carbocycles. The molecule has 23 heavy (non-hydrogen) atoms. The Labute approximate surface area is 140 Å². The van der Waals surface area contributed by atoms with Crippen LogP contribution in [0.1, 0.15) is 38.5 Å². The fraction of sp³-hybridized carbons (Fsp3) is 0.263. The van der Waals surface area contributed by atoms with Crippen LogP contribution in [-0.4, -0.2) is 35.4 Å². The van der Waals surface area contributed by atoms with Gasteiger partial charge in [0.1, 0.15) is 0 Å². The topological polar surface area (TPSA) is 37.4 Å². The van der Waals surface area contributed by atoms with E-state index >= 15 is 0 Å². The van der Waals surface area contributed by atoms with Crippen LogP contribution >= 0.6 is 11.8 Å². The van der Waals surface area contributed by atoms with Crippen molar-refractivity contribution < 1.29 is 9.59 Å². The molecule has 0 bridgehead atoms. The van der Waals surface area contributed by atoms with Crippen molar-refractivity contribution in [2.24, 2.45) is 0 Å². The second-order valence-corrected chi connectivity index (χ2v) is 6.93. The van der Waals surface area contributed by atoms with Crippen LogP contribution in [0.2, 0.25) is 0 Å². The minimum Gasteiger partial charge on any atom is -0.336 e. The lowest BCUT2D eigenvalue weighted by Gasteiger charge is -2.33. The van der Waals surface area contributed by atoms with Gasteiger partial charge >= 0.3 is 0 Å². The molecule has 0 radical (unpaired) electrons. The quantitative estimate of drug-likeness (QED) is 0.805. The van der Waals surface area contributed by atoms with E-state index in [9.17, 15) is 9.59 Å². The van der Waals surface area contributed by atoms with E-state index in [-0.39, 0.29) is 11.7 Å². The first-order valence-electron chi connectivity index (χ1n) is 7.72. The van der Waals surface area contributed by atoms with Crippen molar-refractivity contribution in [1.82, 2.24) is 4.90 Å². The predicted octanol–water partition coefficient (Wildman–Crippen LogP) is 3.82. The Bertz CT molecular complexity index is 714. The Morgan fingerprint density at radius 3 is 2.35 bits per heavy atom. The number of amides is 1. The summed E-state index contributed by atoms with van der Waals surface area (Å²) in [5.41, 5.74) is 2.26. The summed E-state index contributed by atoms with van der Waals surface area (Å²) in [6, 6.07) is 17.4. The SMILES string of the molecule is CC(=O)c1ccccc1C(=O)N1CCS[C@H](c2ccccc2)C1. The molecule has 0 spiro atoms. The van der Waals surface area contributed by atoms with Gasteiger partial charge in [-0.15, -0.1) is 0 Å². The van der Waals surface area contributed by atoms with Crippen molar-refractivity contribution in [2.45, 2.75) is 12.2 Å². The molecule has 0 N–H and O–H groups in total. The van der Waals surface area contributed by atoms with E-state index < -0.39 is 0 Å². The van der Waals surface area contributed by atoms with Crippen molar-refractivity contribution in [3.63, 3.8) is 0 Å². The molecule has 3 nitrogen and oxygen atoms in total. The van der Waals surface area contributed by atoms with Crippen LogP contribution in [0.5, 0.6) is 0 Å². The molecule has 3 rings (SSSR count). The van der Waals surface area contributed by atoms with Gasteiger partial charge in [0.25, 0.3) is 5.91 Å². The zero-order valence-electron chi connectivity index (χ0n) is 13.1. The number of benzene rings is 2. The summed E-state index contributed by atoms with van der Waals surface area (Å²) in [4.78, 5) is 26.5. The van der Waals surface area contributed by atoms with Gasteiger partial charge in [-0.05, 0) is 18.6 Å². The zero-order chi connectivity index (χ0) is 16.2. The molecule has 1 amide bonds. The van der Waals surface area contributed by atoms with E-state index in [0.717, 1.165) is 12.3 Å². The second-order valence-electron chi connectivity index (χ2n) is 5.62. The fourth-order valence-corrected chi connectivity index (χ4v) is 4.10. The number of rotatable bonds is 3. The normalized spacial score (nSPS) is 17.8. The Morgan fingerprint density at radius 2 is 1.65 bits per heavy atom. The molecule has 0 saturated carbocycles. The average Bonchev–Trinajstić information content (AvgIpc) is 2.62. The van der Waals surface area contributed by atoms with E-state index in [1.807, 2.05) is 40.9 Å². The zero-order valence-corrected chi connectivity index (χ0v) is 13.9. The van der Waals surface area contributed by atoms with Crippen LogP contribution in [-0.2, 0) is 0 Å². The van der Waals surface area contributed by atoms with Crippen LogP contribution < -0.4 is 0 Å². The number of carbonyl (C=O) groups excluding carboxylic acids is 2. The summed E-state index contributed by atoms with van der Waals surface area (Å²) in [6.45, 7) is 2.91. The summed E-state index contributed by atoms with van der Waals surface area (Å²) in [6.07, 6.45) is 0. The highest BCUT2D eigenvalue weighted by atomic mass is 32.2. The van der Waals surface area contributed by atoms with Crippen molar-refractivity contribution in [2.75, 3.05) is 18.8 Å². The third-order valence-corrected chi connectivity index (χ3v) is 5.30. The minimum atomic E-state index is -0.0695. The third-order valence-electron chi connectivity index (χ3n) is 4.06. The molecule has 2 aromatic rings. The summed E-state index contributed by atoms with van der Waals surface area (Å²) in [7, 11) is 0. The van der Waals surface area contributed by atoms with Crippen LogP contribution in [0.3, 0.4) is 0 Å². The molecule has 1 atom stereocenters. The molecule has 4 heteroatoms. The smallest absolute Gasteiger partial charge is 0.254 e. The molecule has 0 unspecified atom stereocenters. The summed E-state index contributed by atoms with van der Waals surface area (Å²) < 4.78 is 0. The van der Waals surface area contributed by atoms with Crippen LogP contribution in [0.15, 0.2) is 54.6 Å². The molecule has 1 fully saturated rings. The van der Waals surface area contributed by atoms with E-state index in [4.69, 9.17) is 0 Å². The van der Waals surface area contributed by atoms with E-state index in [1.165, 1.54) is 12.5 Å². The third kappa shape index (κ3) is 3.48. The monoisotopic (exact) mass is 325 g/mol. The van der Waals surface area contributed by atoms with Gasteiger partial charge in [-0.3, -0.25) is 9.59 Å². The Balaban J connectivity index is 1.82. The van der Waals surface area contributed by atoms with Crippen molar-refractivity contribution >= 4 is 23.5 Å². The maximum Gasteiger partial charge on any atom is 0.254 e. The van der Waals surface area contributed by atoms with Gasteiger partial charge in [0.2, 0.25) is 0 Å². The average molecular weight is 325 g/mol. The molecular formula is C19H19NO2S. The van der Waals surface area contributed by atoms with Gasteiger partial charge in [0.15, 0.2) is 5.78 Å². The Morgan fingerprint density at radius 1 is 1.00 bits per heavy atom. The number of nitrogens with zero attached hydrogens (tertiary/aromatic N) is 1. The highest BCUT2D eigenvalue weighted by Gasteiger charge is 2.27. The van der Waals surface area contributed by atoms with Crippen molar-refractivity contribution in [3.8, 4) is 0 Å². The van der Waals surface area contributed by atoms with Crippen LogP contribution in [0.4, 0.5) is 0 Å². The molecule has 1 heterocycles. The maximum absolute atomic E-state index is 12.9. The molecular weight excluding hydrogens is 306 g/mol. The van der Waals surface area contributed by atoms with Gasteiger partial charge in [-0.25, -0.2) is 0 Å². The number of thioether (sulfide) groups is 1. The largest absolute Gasteiger partial charge is 0.336 e. The van der Waals surface area contributed by atoms with Crippen molar-refractivity contribution in [1.29, 1.82) is 0 Å². The first-order chi connectivity index (χ1) is 11.2. The minimum absolute atomic E-state index is 0.0444. The molecule has 1 aliphatic heterocycles. The van der Waals surface area contributed by atoms with E-state index in [2.05, 4.69) is 12.1 Å². The van der Waals surface area contributed by atoms with Gasteiger partial charge in [-0.1, -0.05) is 48.5 Å². The maximum atomic E-state index is 12.9. The number of Topliss-reactive ketones (excluding diaryl/α,β-unsaturated/α-hetero) is 1. The molecule has 1 aliphatic rings. The lowest BCUT2D eigenvalue weighted by molar-refractivity contribution is 0.0756. The summed E-state index contributed by atoms with van der Waals surface area (Å²) in [5, 5.41) is 0.290. The summed E-state index contributed by atoms with van der Waals surface area (Å²) in [5.74, 6) is 0.796. The molecule has 1 saturated heterocycles. The van der Waals surface area contributed by atoms with Gasteiger partial charge < -0.3 is 4.90 Å². The standard InChI is InChI=1S/C19H19NO2S/c1-14(21)16-9-5-6-10-17(16)19(22)20-11-12-23-18(13-20)15-7-3-2-4-8-15/h2-10,18H,11-13H2,1H3/t18-/m0/s1. The van der Waals surface area contributed by atoms with E-state index in [0.29, 0.717) is 22.9 Å². The fourth-order valence-electron chi connectivity index (χ4n) is 2.85. The second kappa shape index (κ2) is 7.01.